The Kier molecular flexibility index (Phi) is 5.46. The molecular formula is C12H13BrO5. The summed E-state index contributed by atoms with van der Waals surface area (Å²) in [4.78, 5) is 22.3. The molecule has 0 saturated carbocycles. The molecule has 3 N–H and O–H groups in total. The molecule has 1 atom stereocenters. The van der Waals surface area contributed by atoms with E-state index in [0.29, 0.717) is 17.3 Å². The number of hydrogen-bond donors (Lipinski definition) is 3. The molecule has 1 rings (SSSR count). The summed E-state index contributed by atoms with van der Waals surface area (Å²) in [5.41, 5.74) is 0.727. The molecule has 1 aromatic carbocycles. The van der Waals surface area contributed by atoms with Crippen LogP contribution in [0.2, 0.25) is 0 Å². The van der Waals surface area contributed by atoms with Gasteiger partial charge in [0.25, 0.3) is 0 Å². The number of aliphatic hydroxyl groups excluding tert-OH is 2. The zero-order valence-electron chi connectivity index (χ0n) is 9.47. The van der Waals surface area contributed by atoms with Crippen molar-refractivity contribution in [3.63, 3.8) is 0 Å². The van der Waals surface area contributed by atoms with Gasteiger partial charge in [0.05, 0.1) is 6.61 Å². The number of aliphatic carboxylic acids is 1. The highest BCUT2D eigenvalue weighted by Crippen LogP contribution is 2.21. The number of halogens is 1. The van der Waals surface area contributed by atoms with Crippen LogP contribution < -0.4 is 0 Å². The molecule has 1 aromatic rings. The SMILES string of the molecule is O=C(CCBr)c1ccc(C(O)C(=O)O)c(CO)c1. The third kappa shape index (κ3) is 3.38. The van der Waals surface area contributed by atoms with E-state index >= 15 is 0 Å². The van der Waals surface area contributed by atoms with E-state index in [2.05, 4.69) is 15.9 Å². The van der Waals surface area contributed by atoms with Crippen LogP contribution in [0, 0.1) is 0 Å². The van der Waals surface area contributed by atoms with Crippen molar-refractivity contribution >= 4 is 27.7 Å². The molecule has 0 radical (unpaired) electrons. The molecule has 0 saturated heterocycles. The van der Waals surface area contributed by atoms with Crippen molar-refractivity contribution in [2.45, 2.75) is 19.1 Å². The predicted octanol–water partition coefficient (Wildman–Crippen LogP) is 1.26. The van der Waals surface area contributed by atoms with Crippen molar-refractivity contribution in [3.8, 4) is 0 Å². The van der Waals surface area contributed by atoms with Gasteiger partial charge < -0.3 is 15.3 Å². The van der Waals surface area contributed by atoms with Crippen LogP contribution >= 0.6 is 15.9 Å². The molecule has 0 fully saturated rings. The number of carboxylic acid groups (broad SMARTS) is 1. The fourth-order valence-electron chi connectivity index (χ4n) is 1.55. The number of carbonyl (C=O) groups excluding carboxylic acids is 1. The number of benzene rings is 1. The third-order valence-electron chi connectivity index (χ3n) is 2.49. The van der Waals surface area contributed by atoms with Crippen molar-refractivity contribution in [1.29, 1.82) is 0 Å². The number of carboxylic acids is 1. The van der Waals surface area contributed by atoms with Crippen LogP contribution in [0.1, 0.15) is 34.0 Å². The van der Waals surface area contributed by atoms with Gasteiger partial charge in [0, 0.05) is 17.3 Å². The minimum absolute atomic E-state index is 0.0976. The first-order chi connectivity index (χ1) is 8.51. The van der Waals surface area contributed by atoms with Crippen LogP contribution in [0.4, 0.5) is 0 Å². The van der Waals surface area contributed by atoms with E-state index in [-0.39, 0.29) is 16.9 Å². The molecule has 1 unspecified atom stereocenters. The maximum Gasteiger partial charge on any atom is 0.337 e. The lowest BCUT2D eigenvalue weighted by Crippen LogP contribution is -2.13. The van der Waals surface area contributed by atoms with Gasteiger partial charge in [-0.05, 0) is 17.2 Å². The second kappa shape index (κ2) is 6.63. The predicted molar refractivity (Wildman–Crippen MR) is 67.7 cm³/mol. The normalized spacial score (nSPS) is 12.2. The lowest BCUT2D eigenvalue weighted by atomic mass is 9.98. The summed E-state index contributed by atoms with van der Waals surface area (Å²) in [5.74, 6) is -1.51. The van der Waals surface area contributed by atoms with Crippen LogP contribution in [-0.4, -0.2) is 32.4 Å². The molecule has 0 bridgehead atoms. The average molecular weight is 317 g/mol. The maximum atomic E-state index is 11.6. The van der Waals surface area contributed by atoms with Gasteiger partial charge >= 0.3 is 5.97 Å². The van der Waals surface area contributed by atoms with Gasteiger partial charge in [0.2, 0.25) is 0 Å². The quantitative estimate of drug-likeness (QED) is 0.542. The monoisotopic (exact) mass is 316 g/mol. The Balaban J connectivity index is 3.11. The number of ketones is 1. The van der Waals surface area contributed by atoms with Crippen molar-refractivity contribution in [3.05, 3.63) is 34.9 Å². The third-order valence-corrected chi connectivity index (χ3v) is 2.88. The minimum atomic E-state index is -1.70. The number of aliphatic hydroxyl groups is 2. The van der Waals surface area contributed by atoms with Gasteiger partial charge in [0.1, 0.15) is 0 Å². The van der Waals surface area contributed by atoms with E-state index in [1.165, 1.54) is 18.2 Å². The molecule has 6 heteroatoms. The van der Waals surface area contributed by atoms with Crippen molar-refractivity contribution in [2.24, 2.45) is 0 Å². The number of hydrogen-bond acceptors (Lipinski definition) is 4. The summed E-state index contributed by atoms with van der Waals surface area (Å²) in [5, 5.41) is 27.8. The summed E-state index contributed by atoms with van der Waals surface area (Å²) in [7, 11) is 0. The second-order valence-electron chi connectivity index (χ2n) is 3.67. The van der Waals surface area contributed by atoms with Crippen LogP contribution in [-0.2, 0) is 11.4 Å². The van der Waals surface area contributed by atoms with Crippen molar-refractivity contribution < 1.29 is 24.9 Å². The van der Waals surface area contributed by atoms with Gasteiger partial charge in [-0.25, -0.2) is 4.79 Å². The molecule has 0 aromatic heterocycles. The molecule has 0 heterocycles. The van der Waals surface area contributed by atoms with Crippen LogP contribution in [0.3, 0.4) is 0 Å². The van der Waals surface area contributed by atoms with E-state index in [4.69, 9.17) is 10.2 Å². The largest absolute Gasteiger partial charge is 0.479 e. The smallest absolute Gasteiger partial charge is 0.337 e. The summed E-state index contributed by atoms with van der Waals surface area (Å²) < 4.78 is 0. The minimum Gasteiger partial charge on any atom is -0.479 e. The Morgan fingerprint density at radius 1 is 1.33 bits per heavy atom. The number of Topliss-reactive ketones (excluding diaryl/α,β-unsaturated/α-hetero) is 1. The molecule has 0 amide bonds. The molecule has 0 spiro atoms. The highest BCUT2D eigenvalue weighted by atomic mass is 79.9. The standard InChI is InChI=1S/C12H13BrO5/c13-4-3-10(15)7-1-2-9(8(5-7)6-14)11(16)12(17)18/h1-2,5,11,14,16H,3-4,6H2,(H,17,18). The van der Waals surface area contributed by atoms with Gasteiger partial charge in [-0.1, -0.05) is 28.1 Å². The topological polar surface area (TPSA) is 94.8 Å². The summed E-state index contributed by atoms with van der Waals surface area (Å²) in [6, 6.07) is 4.21. The van der Waals surface area contributed by atoms with Gasteiger partial charge in [0.15, 0.2) is 11.9 Å². The van der Waals surface area contributed by atoms with Crippen LogP contribution in [0.15, 0.2) is 18.2 Å². The molecule has 0 aliphatic heterocycles. The number of carbonyl (C=O) groups is 2. The maximum absolute atomic E-state index is 11.6. The van der Waals surface area contributed by atoms with Gasteiger partial charge in [-0.2, -0.15) is 0 Å². The van der Waals surface area contributed by atoms with Gasteiger partial charge in [-0.15, -0.1) is 0 Å². The highest BCUT2D eigenvalue weighted by molar-refractivity contribution is 9.09. The average Bonchev–Trinajstić information content (AvgIpc) is 2.37. The second-order valence-corrected chi connectivity index (χ2v) is 4.47. The first kappa shape index (κ1) is 14.8. The van der Waals surface area contributed by atoms with Crippen molar-refractivity contribution in [2.75, 3.05) is 5.33 Å². The fraction of sp³-hybridized carbons (Fsp3) is 0.333. The Hall–Kier alpha value is -1.24. The molecule has 18 heavy (non-hydrogen) atoms. The molecule has 0 aliphatic carbocycles. The summed E-state index contributed by atoms with van der Waals surface area (Å²) in [6.45, 7) is -0.435. The first-order valence-corrected chi connectivity index (χ1v) is 6.37. The fourth-order valence-corrected chi connectivity index (χ4v) is 1.91. The highest BCUT2D eigenvalue weighted by Gasteiger charge is 2.20. The lowest BCUT2D eigenvalue weighted by molar-refractivity contribution is -0.147. The molecule has 5 nitrogen and oxygen atoms in total. The molecule has 0 aliphatic rings. The lowest BCUT2D eigenvalue weighted by Gasteiger charge is -2.12. The van der Waals surface area contributed by atoms with E-state index in [9.17, 15) is 14.7 Å². The zero-order chi connectivity index (χ0) is 13.7. The van der Waals surface area contributed by atoms with E-state index in [0.717, 1.165) is 0 Å². The zero-order valence-corrected chi connectivity index (χ0v) is 11.1. The summed E-state index contributed by atoms with van der Waals surface area (Å²) >= 11 is 3.15. The van der Waals surface area contributed by atoms with Crippen molar-refractivity contribution in [1.82, 2.24) is 0 Å². The molecule has 98 valence electrons. The Morgan fingerprint density at radius 3 is 2.50 bits per heavy atom. The Labute approximate surface area is 112 Å². The number of rotatable bonds is 6. The van der Waals surface area contributed by atoms with Crippen LogP contribution in [0.5, 0.6) is 0 Å². The van der Waals surface area contributed by atoms with E-state index in [1.807, 2.05) is 0 Å². The summed E-state index contributed by atoms with van der Waals surface area (Å²) in [6.07, 6.45) is -1.39. The number of alkyl halides is 1. The first-order valence-electron chi connectivity index (χ1n) is 5.25. The Bertz CT molecular complexity index is 458. The van der Waals surface area contributed by atoms with Gasteiger partial charge in [-0.3, -0.25) is 4.79 Å². The Morgan fingerprint density at radius 2 is 2.00 bits per heavy atom. The molecular weight excluding hydrogens is 304 g/mol. The van der Waals surface area contributed by atoms with E-state index in [1.54, 1.807) is 0 Å². The van der Waals surface area contributed by atoms with E-state index < -0.39 is 18.7 Å². The van der Waals surface area contributed by atoms with Crippen LogP contribution in [0.25, 0.3) is 0 Å².